The Kier molecular flexibility index (Phi) is 9.53. The van der Waals surface area contributed by atoms with E-state index in [4.69, 9.17) is 13.8 Å². The Labute approximate surface area is 207 Å². The molecule has 7 heteroatoms. The zero-order chi connectivity index (χ0) is 25.3. The van der Waals surface area contributed by atoms with Crippen LogP contribution >= 0.6 is 7.60 Å². The van der Waals surface area contributed by atoms with Crippen LogP contribution in [-0.4, -0.2) is 17.9 Å². The van der Waals surface area contributed by atoms with Gasteiger partial charge in [-0.05, 0) is 48.6 Å². The lowest BCUT2D eigenvalue weighted by atomic mass is 9.98. The highest BCUT2D eigenvalue weighted by Gasteiger charge is 2.30. The predicted octanol–water partition coefficient (Wildman–Crippen LogP) is 7.41. The van der Waals surface area contributed by atoms with Gasteiger partial charge in [0.05, 0.1) is 11.7 Å². The average molecular weight is 497 g/mol. The molecule has 186 valence electrons. The lowest BCUT2D eigenvalue weighted by molar-refractivity contribution is -0.147. The van der Waals surface area contributed by atoms with Crippen molar-refractivity contribution in [1.29, 1.82) is 0 Å². The van der Waals surface area contributed by atoms with Crippen LogP contribution in [0.2, 0.25) is 0 Å². The normalized spacial score (nSPS) is 12.7. The molecular weight excluding hydrogens is 463 g/mol. The Balaban J connectivity index is 2.04. The lowest BCUT2D eigenvalue weighted by Crippen LogP contribution is -2.08. The quantitative estimate of drug-likeness (QED) is 0.122. The summed E-state index contributed by atoms with van der Waals surface area (Å²) >= 11 is 0. The van der Waals surface area contributed by atoms with Gasteiger partial charge in [0.1, 0.15) is 11.5 Å². The fourth-order valence-corrected chi connectivity index (χ4v) is 5.32. The van der Waals surface area contributed by atoms with E-state index >= 15 is 0 Å². The number of phenols is 1. The van der Waals surface area contributed by atoms with Crippen LogP contribution in [0.25, 0.3) is 11.1 Å². The van der Waals surface area contributed by atoms with Crippen molar-refractivity contribution in [2.75, 3.05) is 6.79 Å². The summed E-state index contributed by atoms with van der Waals surface area (Å²) in [6, 6.07) is 20.4. The molecule has 6 nitrogen and oxygen atoms in total. The van der Waals surface area contributed by atoms with E-state index < -0.39 is 20.4 Å². The Morgan fingerprint density at radius 1 is 0.971 bits per heavy atom. The zero-order valence-electron chi connectivity index (χ0n) is 20.5. The molecule has 35 heavy (non-hydrogen) atoms. The molecule has 0 fully saturated rings. The monoisotopic (exact) mass is 496 g/mol. The summed E-state index contributed by atoms with van der Waals surface area (Å²) in [6.07, 6.45) is 3.83. The predicted molar refractivity (Wildman–Crippen MR) is 138 cm³/mol. The van der Waals surface area contributed by atoms with Crippen LogP contribution in [0, 0.1) is 6.92 Å². The van der Waals surface area contributed by atoms with E-state index in [0.717, 1.165) is 47.9 Å². The Morgan fingerprint density at radius 3 is 2.43 bits per heavy atom. The van der Waals surface area contributed by atoms with Crippen LogP contribution in [-0.2, 0) is 31.2 Å². The van der Waals surface area contributed by atoms with Crippen LogP contribution in [0.3, 0.4) is 0 Å². The molecule has 0 aliphatic rings. The van der Waals surface area contributed by atoms with Crippen LogP contribution in [0.15, 0.2) is 66.7 Å². The number of rotatable bonds is 12. The van der Waals surface area contributed by atoms with Gasteiger partial charge in [0.15, 0.2) is 0 Å². The minimum atomic E-state index is -3.84. The second-order valence-electron chi connectivity index (χ2n) is 8.54. The molecule has 0 aliphatic heterocycles. The number of hydrogen-bond acceptors (Lipinski definition) is 6. The third-order valence-electron chi connectivity index (χ3n) is 5.48. The molecule has 3 aromatic rings. The first-order valence-electron chi connectivity index (χ1n) is 11.8. The number of hydrogen-bond donors (Lipinski definition) is 1. The molecule has 1 N–H and O–H groups in total. The summed E-state index contributed by atoms with van der Waals surface area (Å²) < 4.78 is 30.5. The van der Waals surface area contributed by atoms with Gasteiger partial charge in [-0.3, -0.25) is 9.32 Å². The number of unbranched alkanes of at least 4 members (excludes halogenated alkanes) is 2. The first-order valence-corrected chi connectivity index (χ1v) is 13.6. The summed E-state index contributed by atoms with van der Waals surface area (Å²) in [4.78, 5) is 11.3. The second kappa shape index (κ2) is 12.6. The van der Waals surface area contributed by atoms with E-state index in [1.54, 1.807) is 6.07 Å². The van der Waals surface area contributed by atoms with Gasteiger partial charge in [-0.1, -0.05) is 79.9 Å². The maximum Gasteiger partial charge on any atom is 0.386 e. The topological polar surface area (TPSA) is 82.1 Å². The molecule has 1 atom stereocenters. The SMILES string of the molecule is CCCCCc1cc(O)c(-c2cccc(C)c2)c(OP(=O)(Cc2ccccc2)OCOC(C)=O)c1. The summed E-state index contributed by atoms with van der Waals surface area (Å²) in [5, 5.41) is 11.0. The van der Waals surface area contributed by atoms with Crippen molar-refractivity contribution in [2.24, 2.45) is 0 Å². The number of benzene rings is 3. The number of aromatic hydroxyl groups is 1. The van der Waals surface area contributed by atoms with Gasteiger partial charge in [0.25, 0.3) is 0 Å². The largest absolute Gasteiger partial charge is 0.507 e. The van der Waals surface area contributed by atoms with Crippen LogP contribution in [0.1, 0.15) is 49.8 Å². The van der Waals surface area contributed by atoms with Gasteiger partial charge >= 0.3 is 13.6 Å². The van der Waals surface area contributed by atoms with E-state index in [1.165, 1.54) is 6.92 Å². The molecule has 0 aromatic heterocycles. The fourth-order valence-electron chi connectivity index (χ4n) is 3.79. The van der Waals surface area contributed by atoms with Crippen molar-refractivity contribution in [3.8, 4) is 22.6 Å². The number of carbonyl (C=O) groups excluding carboxylic acids is 1. The fraction of sp³-hybridized carbons (Fsp3) is 0.321. The Morgan fingerprint density at radius 2 is 1.74 bits per heavy atom. The Bertz CT molecular complexity index is 1180. The first kappa shape index (κ1) is 26.5. The highest BCUT2D eigenvalue weighted by molar-refractivity contribution is 7.53. The van der Waals surface area contributed by atoms with E-state index in [1.807, 2.05) is 67.6 Å². The molecule has 3 rings (SSSR count). The van der Waals surface area contributed by atoms with Gasteiger partial charge in [-0.15, -0.1) is 0 Å². The number of carbonyl (C=O) groups is 1. The average Bonchev–Trinajstić information content (AvgIpc) is 2.79. The molecule has 0 saturated carbocycles. The maximum atomic E-state index is 13.9. The molecule has 1 unspecified atom stereocenters. The molecule has 0 aliphatic carbocycles. The van der Waals surface area contributed by atoms with E-state index in [9.17, 15) is 14.5 Å². The zero-order valence-corrected chi connectivity index (χ0v) is 21.4. The van der Waals surface area contributed by atoms with Crippen LogP contribution in [0.4, 0.5) is 0 Å². The summed E-state index contributed by atoms with van der Waals surface area (Å²) in [5.74, 6) is -0.234. The van der Waals surface area contributed by atoms with Gasteiger partial charge in [0.2, 0.25) is 6.79 Å². The minimum Gasteiger partial charge on any atom is -0.507 e. The molecule has 0 heterocycles. The van der Waals surface area contributed by atoms with Gasteiger partial charge in [-0.2, -0.15) is 0 Å². The highest BCUT2D eigenvalue weighted by Crippen LogP contribution is 2.54. The molecule has 0 spiro atoms. The minimum absolute atomic E-state index is 0.0246. The highest BCUT2D eigenvalue weighted by atomic mass is 31.2. The molecular formula is C28H33O6P. The van der Waals surface area contributed by atoms with Crippen molar-refractivity contribution in [1.82, 2.24) is 0 Å². The molecule has 0 amide bonds. The van der Waals surface area contributed by atoms with Crippen molar-refractivity contribution >= 4 is 13.6 Å². The van der Waals surface area contributed by atoms with Gasteiger partial charge in [0, 0.05) is 6.92 Å². The molecule has 3 aromatic carbocycles. The number of phenolic OH excluding ortho intramolecular Hbond substituents is 1. The standard InChI is InChI=1S/C28H33O6P/c1-4-5-7-14-24-17-26(30)28(25-15-10-11-21(2)16-25)27(18-24)34-35(31,33-20-32-22(3)29)19-23-12-8-6-9-13-23/h6,8-13,15-18,30H,4-5,7,14,19-20H2,1-3H3. The first-order chi connectivity index (χ1) is 16.8. The third-order valence-corrected chi connectivity index (χ3v) is 7.21. The smallest absolute Gasteiger partial charge is 0.386 e. The van der Waals surface area contributed by atoms with E-state index in [0.29, 0.717) is 5.56 Å². The Hall–Kier alpha value is -3.08. The van der Waals surface area contributed by atoms with Gasteiger partial charge in [-0.25, -0.2) is 4.57 Å². The molecule has 0 bridgehead atoms. The number of esters is 1. The molecule has 0 radical (unpaired) electrons. The van der Waals surface area contributed by atoms with E-state index in [-0.39, 0.29) is 17.7 Å². The number of ether oxygens (including phenoxy) is 1. The second-order valence-corrected chi connectivity index (χ2v) is 10.5. The van der Waals surface area contributed by atoms with Crippen molar-refractivity contribution in [3.05, 3.63) is 83.4 Å². The summed E-state index contributed by atoms with van der Waals surface area (Å²) in [6.45, 7) is 4.84. The summed E-state index contributed by atoms with van der Waals surface area (Å²) in [5.41, 5.74) is 3.83. The van der Waals surface area contributed by atoms with Crippen molar-refractivity contribution < 1.29 is 28.3 Å². The summed E-state index contributed by atoms with van der Waals surface area (Å²) in [7, 11) is -3.84. The third kappa shape index (κ3) is 7.98. The van der Waals surface area contributed by atoms with Crippen molar-refractivity contribution in [2.45, 2.75) is 52.6 Å². The van der Waals surface area contributed by atoms with Crippen molar-refractivity contribution in [3.63, 3.8) is 0 Å². The lowest BCUT2D eigenvalue weighted by Gasteiger charge is -2.22. The van der Waals surface area contributed by atoms with E-state index in [2.05, 4.69) is 6.92 Å². The number of aryl methyl sites for hydroxylation is 2. The molecule has 0 saturated heterocycles. The van der Waals surface area contributed by atoms with Gasteiger partial charge < -0.3 is 14.4 Å². The van der Waals surface area contributed by atoms with Crippen LogP contribution < -0.4 is 4.52 Å². The maximum absolute atomic E-state index is 13.9. The van der Waals surface area contributed by atoms with Crippen LogP contribution in [0.5, 0.6) is 11.5 Å².